The van der Waals surface area contributed by atoms with Gasteiger partial charge in [0.15, 0.2) is 46.0 Å². The predicted octanol–water partition coefficient (Wildman–Crippen LogP) is 7.64. The summed E-state index contributed by atoms with van der Waals surface area (Å²) in [5.41, 5.74) is 6.14. The van der Waals surface area contributed by atoms with Crippen LogP contribution in [0.25, 0.3) is 0 Å². The Kier molecular flexibility index (Phi) is 21.5. The Balaban J connectivity index is 1.01. The average Bonchev–Trinajstić information content (AvgIpc) is 3.41. The average molecular weight is 1040 g/mol. The van der Waals surface area contributed by atoms with E-state index in [2.05, 4.69) is 9.80 Å². The molecule has 0 aromatic heterocycles. The number of hydrogen-bond donors (Lipinski definition) is 0. The molecule has 2 aliphatic heterocycles. The van der Waals surface area contributed by atoms with E-state index in [9.17, 15) is 19.2 Å². The largest absolute Gasteiger partial charge is 0.493 e. The van der Waals surface area contributed by atoms with Crippen molar-refractivity contribution in [2.45, 2.75) is 95.9 Å². The zero-order valence-electron chi connectivity index (χ0n) is 45.1. The highest BCUT2D eigenvalue weighted by Gasteiger charge is 2.37. The van der Waals surface area contributed by atoms with Gasteiger partial charge in [0.05, 0.1) is 70.1 Å². The van der Waals surface area contributed by atoms with Gasteiger partial charge in [0, 0.05) is 52.1 Å². The van der Waals surface area contributed by atoms with Crippen LogP contribution in [0.15, 0.2) is 60.7 Å². The van der Waals surface area contributed by atoms with Crippen LogP contribution in [-0.4, -0.2) is 142 Å². The van der Waals surface area contributed by atoms with Crippen LogP contribution in [0.5, 0.6) is 46.0 Å². The molecule has 6 rings (SSSR count). The Labute approximate surface area is 440 Å². The summed E-state index contributed by atoms with van der Waals surface area (Å²) in [6, 6.07) is 19.0. The molecule has 0 spiro atoms. The zero-order valence-corrected chi connectivity index (χ0v) is 45.1. The van der Waals surface area contributed by atoms with Crippen LogP contribution in [0.3, 0.4) is 0 Å². The van der Waals surface area contributed by atoms with Crippen molar-refractivity contribution in [2.24, 2.45) is 0 Å². The first-order chi connectivity index (χ1) is 36.3. The minimum Gasteiger partial charge on any atom is -0.493 e. The summed E-state index contributed by atoms with van der Waals surface area (Å²) < 4.78 is 67.5. The standard InChI is InChI=1S/C57H74N2O16/c1-36(60)74-54(34-58-22-20-40-30-50(68-7)52(70-9)32-42(40)44(58)26-38-16-18-46(64-3)48(28-38)66-5)56(62)72-24-14-12-11-13-15-25-73-57(63)55(75-37(2)61)35-59-23-21-41-31-51(69-8)53(71-10)33-43(41)45(59)27-39-17-19-47(65-4)49(29-39)67-6/h16-19,28-33,44-45,54-55H,11-15,20-27,34-35H2,1-10H3. The molecule has 18 nitrogen and oxygen atoms in total. The molecule has 0 bridgehead atoms. The Hall–Kier alpha value is -6.92. The van der Waals surface area contributed by atoms with E-state index in [1.807, 2.05) is 60.7 Å². The number of ether oxygens (including phenoxy) is 12. The Bertz CT molecular complexity index is 2390. The van der Waals surface area contributed by atoms with E-state index in [1.165, 1.54) is 13.8 Å². The van der Waals surface area contributed by atoms with Crippen LogP contribution in [0.2, 0.25) is 0 Å². The molecular weight excluding hydrogens is 969 g/mol. The van der Waals surface area contributed by atoms with Crippen molar-refractivity contribution in [3.63, 3.8) is 0 Å². The van der Waals surface area contributed by atoms with Crippen molar-refractivity contribution in [1.82, 2.24) is 9.80 Å². The molecule has 0 saturated carbocycles. The Morgan fingerprint density at radius 3 is 1.13 bits per heavy atom. The van der Waals surface area contributed by atoms with Crippen LogP contribution >= 0.6 is 0 Å². The van der Waals surface area contributed by atoms with Gasteiger partial charge in [-0.25, -0.2) is 9.59 Å². The lowest BCUT2D eigenvalue weighted by atomic mass is 9.87. The molecule has 4 aromatic rings. The van der Waals surface area contributed by atoms with Gasteiger partial charge < -0.3 is 56.8 Å². The zero-order chi connectivity index (χ0) is 54.0. The second-order valence-electron chi connectivity index (χ2n) is 18.4. The van der Waals surface area contributed by atoms with Crippen molar-refractivity contribution < 1.29 is 76.0 Å². The second-order valence-corrected chi connectivity index (χ2v) is 18.4. The SMILES string of the molecule is COc1ccc(CC2c3cc(OC)c(OC)cc3CCN2CC(OC(C)=O)C(=O)OCCCCCCCOC(=O)C(CN2CCc3cc(OC)c(OC)cc3C2Cc2ccc(OC)c(OC)c2)OC(C)=O)cc1OC. The van der Waals surface area contributed by atoms with Gasteiger partial charge in [0.1, 0.15) is 0 Å². The monoisotopic (exact) mass is 1040 g/mol. The maximum Gasteiger partial charge on any atom is 0.348 e. The fourth-order valence-electron chi connectivity index (χ4n) is 9.95. The minimum atomic E-state index is -1.16. The first kappa shape index (κ1) is 57.4. The number of hydrogen-bond acceptors (Lipinski definition) is 18. The van der Waals surface area contributed by atoms with Crippen LogP contribution < -0.4 is 37.9 Å². The molecule has 75 heavy (non-hydrogen) atoms. The highest BCUT2D eigenvalue weighted by Crippen LogP contribution is 2.42. The molecule has 4 unspecified atom stereocenters. The highest BCUT2D eigenvalue weighted by molar-refractivity contribution is 5.79. The van der Waals surface area contributed by atoms with Gasteiger partial charge in [-0.15, -0.1) is 0 Å². The van der Waals surface area contributed by atoms with Crippen LogP contribution in [0, 0.1) is 0 Å². The first-order valence-electron chi connectivity index (χ1n) is 25.3. The summed E-state index contributed by atoms with van der Waals surface area (Å²) in [5, 5.41) is 0. The van der Waals surface area contributed by atoms with E-state index < -0.39 is 36.1 Å². The highest BCUT2D eigenvalue weighted by atomic mass is 16.6. The van der Waals surface area contributed by atoms with Gasteiger partial charge in [0.25, 0.3) is 0 Å². The van der Waals surface area contributed by atoms with Gasteiger partial charge in [-0.05, 0) is 120 Å². The summed E-state index contributed by atoms with van der Waals surface area (Å²) in [7, 11) is 12.8. The molecule has 0 saturated heterocycles. The lowest BCUT2D eigenvalue weighted by Gasteiger charge is -2.39. The van der Waals surface area contributed by atoms with Gasteiger partial charge in [0.2, 0.25) is 12.2 Å². The fraction of sp³-hybridized carbons (Fsp3) is 0.509. The summed E-state index contributed by atoms with van der Waals surface area (Å²) in [6.07, 6.45) is 3.51. The fourth-order valence-corrected chi connectivity index (χ4v) is 9.95. The quantitative estimate of drug-likeness (QED) is 0.0307. The number of unbranched alkanes of at least 4 members (excludes halogenated alkanes) is 4. The van der Waals surface area contributed by atoms with E-state index in [0.717, 1.165) is 52.6 Å². The van der Waals surface area contributed by atoms with E-state index in [4.69, 9.17) is 56.8 Å². The number of methoxy groups -OCH3 is 8. The normalized spacial score (nSPS) is 16.0. The third kappa shape index (κ3) is 15.1. The number of nitrogens with zero attached hydrogens (tertiary/aromatic N) is 2. The molecule has 0 fully saturated rings. The minimum absolute atomic E-state index is 0.109. The molecule has 18 heteroatoms. The van der Waals surface area contributed by atoms with Crippen LogP contribution in [0.4, 0.5) is 0 Å². The number of rotatable bonds is 28. The maximum atomic E-state index is 13.6. The first-order valence-corrected chi connectivity index (χ1v) is 25.3. The summed E-state index contributed by atoms with van der Waals surface area (Å²) in [6.45, 7) is 4.20. The number of carbonyl (C=O) groups excluding carboxylic acids is 4. The number of fused-ring (bicyclic) bond motifs is 2. The van der Waals surface area contributed by atoms with E-state index >= 15 is 0 Å². The van der Waals surface area contributed by atoms with Crippen molar-refractivity contribution in [3.8, 4) is 46.0 Å². The van der Waals surface area contributed by atoms with E-state index in [0.29, 0.717) is 97.6 Å². The third-order valence-corrected chi connectivity index (χ3v) is 13.7. The Morgan fingerprint density at radius 2 is 0.787 bits per heavy atom. The number of esters is 4. The van der Waals surface area contributed by atoms with Crippen LogP contribution in [-0.2, 0) is 63.8 Å². The summed E-state index contributed by atoms with van der Waals surface area (Å²) in [5.74, 6) is 2.40. The maximum absolute atomic E-state index is 13.6. The van der Waals surface area contributed by atoms with Crippen molar-refractivity contribution in [3.05, 3.63) is 94.0 Å². The molecule has 0 radical (unpaired) electrons. The molecular formula is C57H74N2O16. The van der Waals surface area contributed by atoms with Gasteiger partial charge in [-0.1, -0.05) is 31.4 Å². The van der Waals surface area contributed by atoms with Gasteiger partial charge >= 0.3 is 23.9 Å². The summed E-state index contributed by atoms with van der Waals surface area (Å²) in [4.78, 5) is 56.3. The van der Waals surface area contributed by atoms with Gasteiger partial charge in [-0.3, -0.25) is 19.4 Å². The molecule has 0 N–H and O–H groups in total. The smallest absolute Gasteiger partial charge is 0.348 e. The second kappa shape index (κ2) is 28.1. The number of benzene rings is 4. The van der Waals surface area contributed by atoms with E-state index in [-0.39, 0.29) is 38.4 Å². The van der Waals surface area contributed by atoms with Crippen molar-refractivity contribution >= 4 is 23.9 Å². The molecule has 4 aromatic carbocycles. The molecule has 2 aliphatic rings. The molecule has 4 atom stereocenters. The molecule has 0 aliphatic carbocycles. The topological polar surface area (TPSA) is 186 Å². The molecule has 408 valence electrons. The molecule has 2 heterocycles. The lowest BCUT2D eigenvalue weighted by Crippen LogP contribution is -2.45. The lowest BCUT2D eigenvalue weighted by molar-refractivity contribution is -0.168. The molecule has 0 amide bonds. The summed E-state index contributed by atoms with van der Waals surface area (Å²) >= 11 is 0. The van der Waals surface area contributed by atoms with Crippen molar-refractivity contribution in [1.29, 1.82) is 0 Å². The van der Waals surface area contributed by atoms with Crippen molar-refractivity contribution in [2.75, 3.05) is 96.3 Å². The van der Waals surface area contributed by atoms with Gasteiger partial charge in [-0.2, -0.15) is 0 Å². The predicted molar refractivity (Wildman–Crippen MR) is 278 cm³/mol. The van der Waals surface area contributed by atoms with Crippen LogP contribution in [0.1, 0.15) is 91.4 Å². The Morgan fingerprint density at radius 1 is 0.453 bits per heavy atom. The number of carbonyl (C=O) groups is 4. The van der Waals surface area contributed by atoms with E-state index in [1.54, 1.807) is 56.9 Å². The third-order valence-electron chi connectivity index (χ3n) is 13.7.